The van der Waals surface area contributed by atoms with Gasteiger partial charge in [-0.25, -0.2) is 0 Å². The van der Waals surface area contributed by atoms with Crippen LogP contribution < -0.4 is 5.32 Å². The zero-order valence-electron chi connectivity index (χ0n) is 7.71. The molecule has 2 N–H and O–H groups in total. The van der Waals surface area contributed by atoms with Gasteiger partial charge in [-0.05, 0) is 32.4 Å². The van der Waals surface area contributed by atoms with Crippen molar-refractivity contribution in [2.45, 2.75) is 39.2 Å². The van der Waals surface area contributed by atoms with Gasteiger partial charge in [-0.1, -0.05) is 6.08 Å². The maximum atomic E-state index is 10.4. The molecule has 1 amide bonds. The number of rotatable bonds is 5. The first-order chi connectivity index (χ1) is 5.63. The molecule has 3 heteroatoms. The summed E-state index contributed by atoms with van der Waals surface area (Å²) in [4.78, 5) is 10.4. The molecule has 12 heavy (non-hydrogen) atoms. The molecular formula is C9H17NO2. The largest absolute Gasteiger partial charge is 0.393 e. The molecule has 0 aromatic rings. The van der Waals surface area contributed by atoms with E-state index in [1.807, 2.05) is 6.08 Å². The lowest BCUT2D eigenvalue weighted by Gasteiger charge is -1.99. The second kappa shape index (κ2) is 6.85. The smallest absolute Gasteiger partial charge is 0.220 e. The van der Waals surface area contributed by atoms with E-state index < -0.39 is 0 Å². The second-order valence-electron chi connectivity index (χ2n) is 2.88. The van der Waals surface area contributed by atoms with Gasteiger partial charge in [0, 0.05) is 6.92 Å². The van der Waals surface area contributed by atoms with Crippen molar-refractivity contribution in [2.75, 3.05) is 0 Å². The number of aliphatic hydroxyl groups is 1. The number of nitrogens with one attached hydrogen (secondary N) is 1. The molecule has 0 spiro atoms. The fourth-order valence-corrected chi connectivity index (χ4v) is 0.791. The Kier molecular flexibility index (Phi) is 6.38. The van der Waals surface area contributed by atoms with Gasteiger partial charge >= 0.3 is 0 Å². The summed E-state index contributed by atoms with van der Waals surface area (Å²) in [5.74, 6) is -0.0539. The highest BCUT2D eigenvalue weighted by atomic mass is 16.3. The SMILES string of the molecule is CC(=O)N/C=C/CCCC(C)O. The molecule has 0 fully saturated rings. The van der Waals surface area contributed by atoms with Crippen LogP contribution in [0.1, 0.15) is 33.1 Å². The van der Waals surface area contributed by atoms with Gasteiger partial charge in [0.15, 0.2) is 0 Å². The van der Waals surface area contributed by atoms with Crippen molar-refractivity contribution in [3.63, 3.8) is 0 Å². The van der Waals surface area contributed by atoms with Gasteiger partial charge in [-0.3, -0.25) is 4.79 Å². The molecule has 0 bridgehead atoms. The normalized spacial score (nSPS) is 13.2. The first-order valence-electron chi connectivity index (χ1n) is 4.23. The number of hydrogen-bond donors (Lipinski definition) is 2. The fraction of sp³-hybridized carbons (Fsp3) is 0.667. The third-order valence-electron chi connectivity index (χ3n) is 1.40. The van der Waals surface area contributed by atoms with Gasteiger partial charge in [-0.2, -0.15) is 0 Å². The zero-order chi connectivity index (χ0) is 9.40. The van der Waals surface area contributed by atoms with Crippen molar-refractivity contribution in [3.05, 3.63) is 12.3 Å². The summed E-state index contributed by atoms with van der Waals surface area (Å²) in [5.41, 5.74) is 0. The number of amides is 1. The monoisotopic (exact) mass is 171 g/mol. The molecule has 1 atom stereocenters. The van der Waals surface area contributed by atoms with E-state index in [0.717, 1.165) is 19.3 Å². The molecule has 0 radical (unpaired) electrons. The van der Waals surface area contributed by atoms with Gasteiger partial charge in [0.05, 0.1) is 6.10 Å². The van der Waals surface area contributed by atoms with Crippen molar-refractivity contribution < 1.29 is 9.90 Å². The first-order valence-corrected chi connectivity index (χ1v) is 4.23. The van der Waals surface area contributed by atoms with Crippen LogP contribution in [0.3, 0.4) is 0 Å². The average Bonchev–Trinajstić information content (AvgIpc) is 1.95. The molecule has 3 nitrogen and oxygen atoms in total. The van der Waals surface area contributed by atoms with E-state index in [4.69, 9.17) is 5.11 Å². The number of allylic oxidation sites excluding steroid dienone is 1. The van der Waals surface area contributed by atoms with Crippen LogP contribution in [0.5, 0.6) is 0 Å². The number of hydrogen-bond acceptors (Lipinski definition) is 2. The molecule has 70 valence electrons. The molecule has 0 saturated carbocycles. The van der Waals surface area contributed by atoms with Crippen LogP contribution >= 0.6 is 0 Å². The highest BCUT2D eigenvalue weighted by Gasteiger charge is 1.92. The number of carbonyl (C=O) groups excluding carboxylic acids is 1. The van der Waals surface area contributed by atoms with Crippen LogP contribution in [0, 0.1) is 0 Å². The van der Waals surface area contributed by atoms with E-state index in [1.54, 1.807) is 13.1 Å². The first kappa shape index (κ1) is 11.2. The van der Waals surface area contributed by atoms with E-state index in [-0.39, 0.29) is 12.0 Å². The van der Waals surface area contributed by atoms with Crippen LogP contribution in [0.4, 0.5) is 0 Å². The summed E-state index contributed by atoms with van der Waals surface area (Å²) in [5, 5.41) is 11.5. The Hall–Kier alpha value is -0.830. The molecule has 0 aliphatic carbocycles. The standard InChI is InChI=1S/C9H17NO2/c1-8(11)6-4-3-5-7-10-9(2)12/h5,7-8,11H,3-4,6H2,1-2H3,(H,10,12)/b7-5+. The lowest BCUT2D eigenvalue weighted by Crippen LogP contribution is -2.11. The summed E-state index contributed by atoms with van der Waals surface area (Å²) in [6, 6.07) is 0. The Balaban J connectivity index is 3.19. The van der Waals surface area contributed by atoms with Gasteiger partial charge in [0.2, 0.25) is 5.91 Å². The molecule has 0 aliphatic heterocycles. The molecule has 0 aromatic heterocycles. The molecule has 1 unspecified atom stereocenters. The number of aliphatic hydroxyl groups excluding tert-OH is 1. The second-order valence-corrected chi connectivity index (χ2v) is 2.88. The van der Waals surface area contributed by atoms with Crippen molar-refractivity contribution in [1.82, 2.24) is 5.32 Å². The van der Waals surface area contributed by atoms with Gasteiger partial charge in [0.25, 0.3) is 0 Å². The predicted molar refractivity (Wildman–Crippen MR) is 48.5 cm³/mol. The average molecular weight is 171 g/mol. The molecular weight excluding hydrogens is 154 g/mol. The molecule has 0 aliphatic rings. The quantitative estimate of drug-likeness (QED) is 0.610. The fourth-order valence-electron chi connectivity index (χ4n) is 0.791. The zero-order valence-corrected chi connectivity index (χ0v) is 7.71. The van der Waals surface area contributed by atoms with Gasteiger partial charge < -0.3 is 10.4 Å². The highest BCUT2D eigenvalue weighted by molar-refractivity contribution is 5.73. The summed E-state index contributed by atoms with van der Waals surface area (Å²) in [7, 11) is 0. The minimum absolute atomic E-state index is 0.0539. The maximum Gasteiger partial charge on any atom is 0.220 e. The summed E-state index contributed by atoms with van der Waals surface area (Å²) in [6.07, 6.45) is 5.97. The van der Waals surface area contributed by atoms with Crippen LogP contribution in [-0.2, 0) is 4.79 Å². The lowest BCUT2D eigenvalue weighted by atomic mass is 10.2. The Bertz CT molecular complexity index is 153. The van der Waals surface area contributed by atoms with E-state index in [9.17, 15) is 4.79 Å². The van der Waals surface area contributed by atoms with Crippen molar-refractivity contribution in [3.8, 4) is 0 Å². The highest BCUT2D eigenvalue weighted by Crippen LogP contribution is 1.99. The van der Waals surface area contributed by atoms with E-state index in [2.05, 4.69) is 5.32 Å². The lowest BCUT2D eigenvalue weighted by molar-refractivity contribution is -0.118. The number of unbranched alkanes of at least 4 members (excludes halogenated alkanes) is 1. The number of carbonyl (C=O) groups is 1. The predicted octanol–water partition coefficient (Wildman–Crippen LogP) is 1.19. The topological polar surface area (TPSA) is 49.3 Å². The molecule has 0 aromatic carbocycles. The summed E-state index contributed by atoms with van der Waals surface area (Å²) in [6.45, 7) is 3.25. The van der Waals surface area contributed by atoms with Crippen LogP contribution in [0.2, 0.25) is 0 Å². The molecule has 0 heterocycles. The summed E-state index contributed by atoms with van der Waals surface area (Å²) >= 11 is 0. The maximum absolute atomic E-state index is 10.4. The third-order valence-corrected chi connectivity index (χ3v) is 1.40. The van der Waals surface area contributed by atoms with Crippen molar-refractivity contribution >= 4 is 5.91 Å². The molecule has 0 rings (SSSR count). The Morgan fingerprint density at radius 2 is 2.33 bits per heavy atom. The van der Waals surface area contributed by atoms with Crippen LogP contribution in [0.25, 0.3) is 0 Å². The molecule has 0 saturated heterocycles. The minimum Gasteiger partial charge on any atom is -0.393 e. The Morgan fingerprint density at radius 1 is 1.67 bits per heavy atom. The van der Waals surface area contributed by atoms with E-state index in [0.29, 0.717) is 0 Å². The Labute approximate surface area is 73.5 Å². The minimum atomic E-state index is -0.223. The third kappa shape index (κ3) is 9.17. The van der Waals surface area contributed by atoms with E-state index in [1.165, 1.54) is 6.92 Å². The van der Waals surface area contributed by atoms with Crippen molar-refractivity contribution in [1.29, 1.82) is 0 Å². The van der Waals surface area contributed by atoms with Gasteiger partial charge in [0.1, 0.15) is 0 Å². The Morgan fingerprint density at radius 3 is 2.83 bits per heavy atom. The van der Waals surface area contributed by atoms with Gasteiger partial charge in [-0.15, -0.1) is 0 Å². The van der Waals surface area contributed by atoms with Crippen LogP contribution in [-0.4, -0.2) is 17.1 Å². The van der Waals surface area contributed by atoms with Crippen LogP contribution in [0.15, 0.2) is 12.3 Å². The van der Waals surface area contributed by atoms with Crippen molar-refractivity contribution in [2.24, 2.45) is 0 Å². The summed E-state index contributed by atoms with van der Waals surface area (Å²) < 4.78 is 0. The van der Waals surface area contributed by atoms with E-state index >= 15 is 0 Å².